The smallest absolute Gasteiger partial charge is 0.449 e. The van der Waals surface area contributed by atoms with Crippen molar-refractivity contribution in [3.8, 4) is 0 Å². The molecule has 0 fully saturated rings. The molecule has 2 rings (SSSR count). The van der Waals surface area contributed by atoms with Gasteiger partial charge in [-0.15, -0.1) is 0 Å². The first-order valence-electron chi connectivity index (χ1n) is 5.20. The fraction of sp³-hybridized carbons (Fsp3) is 0.0833. The molecule has 0 aliphatic carbocycles. The summed E-state index contributed by atoms with van der Waals surface area (Å²) >= 11 is 0. The summed E-state index contributed by atoms with van der Waals surface area (Å²) in [7, 11) is 0. The second kappa shape index (κ2) is 4.48. The van der Waals surface area contributed by atoms with Crippen LogP contribution in [-0.2, 0) is 6.18 Å². The van der Waals surface area contributed by atoms with Gasteiger partial charge in [0, 0.05) is 6.07 Å². The van der Waals surface area contributed by atoms with Crippen LogP contribution in [0.5, 0.6) is 0 Å². The molecule has 0 spiro atoms. The third-order valence-electron chi connectivity index (χ3n) is 2.58. The van der Waals surface area contributed by atoms with Gasteiger partial charge < -0.3 is 4.42 Å². The van der Waals surface area contributed by atoms with Gasteiger partial charge in [-0.25, -0.2) is 0 Å². The fourth-order valence-corrected chi connectivity index (χ4v) is 1.75. The SMILES string of the molecule is C=Cc1ccc2oc(C(F)(F)F)cc(=O)c2c1[N+](=O)[O-]. The molecule has 104 valence electrons. The molecule has 8 heteroatoms. The summed E-state index contributed by atoms with van der Waals surface area (Å²) in [5, 5.41) is 10.5. The Kier molecular flexibility index (Phi) is 3.09. The Morgan fingerprint density at radius 1 is 1.35 bits per heavy atom. The third-order valence-corrected chi connectivity index (χ3v) is 2.58. The van der Waals surface area contributed by atoms with E-state index in [4.69, 9.17) is 0 Å². The van der Waals surface area contributed by atoms with Gasteiger partial charge in [-0.2, -0.15) is 13.2 Å². The zero-order valence-corrected chi connectivity index (χ0v) is 9.73. The van der Waals surface area contributed by atoms with Crippen LogP contribution in [0, 0.1) is 10.1 Å². The number of nitro groups is 1. The molecule has 1 heterocycles. The highest BCUT2D eigenvalue weighted by Gasteiger charge is 2.36. The van der Waals surface area contributed by atoms with E-state index in [0.717, 1.165) is 18.2 Å². The van der Waals surface area contributed by atoms with Crippen molar-refractivity contribution >= 4 is 22.7 Å². The van der Waals surface area contributed by atoms with E-state index in [2.05, 4.69) is 11.0 Å². The lowest BCUT2D eigenvalue weighted by Gasteiger charge is -2.07. The minimum atomic E-state index is -4.85. The lowest BCUT2D eigenvalue weighted by molar-refractivity contribution is -0.383. The van der Waals surface area contributed by atoms with Gasteiger partial charge in [0.05, 0.1) is 10.5 Å². The van der Waals surface area contributed by atoms with Crippen molar-refractivity contribution in [2.75, 3.05) is 0 Å². The lowest BCUT2D eigenvalue weighted by Crippen LogP contribution is -2.12. The molecule has 2 aromatic rings. The third kappa shape index (κ3) is 2.15. The molecule has 0 aliphatic rings. The largest absolute Gasteiger partial charge is 0.451 e. The van der Waals surface area contributed by atoms with Crippen LogP contribution in [0.15, 0.2) is 34.0 Å². The van der Waals surface area contributed by atoms with E-state index >= 15 is 0 Å². The molecule has 20 heavy (non-hydrogen) atoms. The van der Waals surface area contributed by atoms with Gasteiger partial charge in [0.2, 0.25) is 5.76 Å². The van der Waals surface area contributed by atoms with Crippen molar-refractivity contribution in [3.05, 3.63) is 56.4 Å². The van der Waals surface area contributed by atoms with Crippen LogP contribution in [0.4, 0.5) is 18.9 Å². The Balaban J connectivity index is 2.94. The van der Waals surface area contributed by atoms with Crippen LogP contribution in [0.25, 0.3) is 17.0 Å². The van der Waals surface area contributed by atoms with Crippen molar-refractivity contribution in [2.24, 2.45) is 0 Å². The Morgan fingerprint density at radius 3 is 2.50 bits per heavy atom. The van der Waals surface area contributed by atoms with E-state index in [1.807, 2.05) is 0 Å². The van der Waals surface area contributed by atoms with Crippen LogP contribution in [0.1, 0.15) is 11.3 Å². The number of nitrogens with zero attached hydrogens (tertiary/aromatic N) is 1. The van der Waals surface area contributed by atoms with Crippen molar-refractivity contribution in [1.29, 1.82) is 0 Å². The van der Waals surface area contributed by atoms with E-state index in [0.29, 0.717) is 0 Å². The molecule has 0 bridgehead atoms. The molecule has 0 saturated carbocycles. The predicted molar refractivity (Wildman–Crippen MR) is 64.2 cm³/mol. The maximum Gasteiger partial charge on any atom is 0.449 e. The van der Waals surface area contributed by atoms with Gasteiger partial charge in [0.25, 0.3) is 5.69 Å². The number of benzene rings is 1. The van der Waals surface area contributed by atoms with Gasteiger partial charge in [0.15, 0.2) is 5.43 Å². The summed E-state index contributed by atoms with van der Waals surface area (Å²) < 4.78 is 42.1. The zero-order valence-electron chi connectivity index (χ0n) is 9.73. The van der Waals surface area contributed by atoms with Crippen molar-refractivity contribution < 1.29 is 22.5 Å². The summed E-state index contributed by atoms with van der Waals surface area (Å²) in [5.74, 6) is -1.50. The molecule has 0 saturated heterocycles. The summed E-state index contributed by atoms with van der Waals surface area (Å²) in [6, 6.07) is 2.43. The number of fused-ring (bicyclic) bond motifs is 1. The van der Waals surface area contributed by atoms with E-state index in [-0.39, 0.29) is 11.6 Å². The second-order valence-electron chi connectivity index (χ2n) is 3.81. The minimum Gasteiger partial charge on any atom is -0.451 e. The van der Waals surface area contributed by atoms with Gasteiger partial charge >= 0.3 is 6.18 Å². The maximum absolute atomic E-state index is 12.5. The van der Waals surface area contributed by atoms with Crippen LogP contribution in [0.3, 0.4) is 0 Å². The molecule has 1 aromatic heterocycles. The number of alkyl halides is 3. The van der Waals surface area contributed by atoms with Crippen LogP contribution in [0.2, 0.25) is 0 Å². The average molecular weight is 285 g/mol. The molecular weight excluding hydrogens is 279 g/mol. The predicted octanol–water partition coefficient (Wildman–Crippen LogP) is 3.36. The molecule has 1 aromatic carbocycles. The van der Waals surface area contributed by atoms with Gasteiger partial charge in [0.1, 0.15) is 11.0 Å². The highest BCUT2D eigenvalue weighted by atomic mass is 19.4. The standard InChI is InChI=1S/C12H6F3NO4/c1-2-6-3-4-8-10(11(6)16(18)19)7(17)5-9(20-8)12(13,14)15/h2-5H,1H2. The molecule has 0 radical (unpaired) electrons. The number of rotatable bonds is 2. The van der Waals surface area contributed by atoms with Crippen LogP contribution >= 0.6 is 0 Å². The first kappa shape index (κ1) is 13.8. The van der Waals surface area contributed by atoms with E-state index in [1.165, 1.54) is 0 Å². The summed E-state index contributed by atoms with van der Waals surface area (Å²) in [5.41, 5.74) is -2.23. The Morgan fingerprint density at radius 2 is 2.00 bits per heavy atom. The average Bonchev–Trinajstić information content (AvgIpc) is 2.35. The molecule has 0 unspecified atom stereocenters. The first-order chi connectivity index (χ1) is 9.25. The Bertz CT molecular complexity index is 777. The first-order valence-corrected chi connectivity index (χ1v) is 5.20. The van der Waals surface area contributed by atoms with Crippen molar-refractivity contribution in [2.45, 2.75) is 6.18 Å². The normalized spacial score (nSPS) is 11.6. The van der Waals surface area contributed by atoms with E-state index < -0.39 is 38.9 Å². The summed E-state index contributed by atoms with van der Waals surface area (Å²) in [6.45, 7) is 3.35. The van der Waals surface area contributed by atoms with E-state index in [9.17, 15) is 28.1 Å². The van der Waals surface area contributed by atoms with Gasteiger partial charge in [-0.3, -0.25) is 14.9 Å². The monoisotopic (exact) mass is 285 g/mol. The van der Waals surface area contributed by atoms with E-state index in [1.54, 1.807) is 0 Å². The lowest BCUT2D eigenvalue weighted by atomic mass is 10.1. The van der Waals surface area contributed by atoms with Crippen LogP contribution < -0.4 is 5.43 Å². The van der Waals surface area contributed by atoms with Crippen LogP contribution in [-0.4, -0.2) is 4.92 Å². The summed E-state index contributed by atoms with van der Waals surface area (Å²) in [4.78, 5) is 21.9. The molecule has 0 amide bonds. The fourth-order valence-electron chi connectivity index (χ4n) is 1.75. The highest BCUT2D eigenvalue weighted by Crippen LogP contribution is 2.33. The molecule has 5 nitrogen and oxygen atoms in total. The number of hydrogen-bond donors (Lipinski definition) is 0. The summed E-state index contributed by atoms with van der Waals surface area (Å²) in [6.07, 6.45) is -3.71. The molecular formula is C12H6F3NO4. The second-order valence-corrected chi connectivity index (χ2v) is 3.81. The molecule has 0 aliphatic heterocycles. The topological polar surface area (TPSA) is 73.3 Å². The molecule has 0 atom stereocenters. The number of hydrogen-bond acceptors (Lipinski definition) is 4. The molecule has 0 N–H and O–H groups in total. The van der Waals surface area contributed by atoms with Crippen molar-refractivity contribution in [1.82, 2.24) is 0 Å². The zero-order chi connectivity index (χ0) is 15.1. The Hall–Kier alpha value is -2.64. The van der Waals surface area contributed by atoms with Gasteiger partial charge in [-0.1, -0.05) is 12.7 Å². The van der Waals surface area contributed by atoms with Gasteiger partial charge in [-0.05, 0) is 12.1 Å². The number of halogens is 3. The Labute approximate surface area is 109 Å². The minimum absolute atomic E-state index is 0.0227. The highest BCUT2D eigenvalue weighted by molar-refractivity contribution is 5.90. The number of nitro benzene ring substituents is 1. The van der Waals surface area contributed by atoms with Crippen molar-refractivity contribution in [3.63, 3.8) is 0 Å². The maximum atomic E-state index is 12.5. The quantitative estimate of drug-likeness (QED) is 0.626.